The first-order chi connectivity index (χ1) is 6.63. The number of thioether (sulfide) groups is 1. The predicted octanol–water partition coefficient (Wildman–Crippen LogP) is 2.72. The molecule has 0 aliphatic carbocycles. The summed E-state index contributed by atoms with van der Waals surface area (Å²) in [6, 6.07) is 2.40. The van der Waals surface area contributed by atoms with E-state index >= 15 is 0 Å². The van der Waals surface area contributed by atoms with Crippen LogP contribution >= 0.6 is 11.8 Å². The Hall–Kier alpha value is -0.610. The fourth-order valence-corrected chi connectivity index (χ4v) is 3.12. The largest absolute Gasteiger partial charge is 0.312 e. The average molecular weight is 215 g/mol. The number of hydrogen-bond acceptors (Lipinski definition) is 2. The van der Waals surface area contributed by atoms with Crippen LogP contribution < -0.4 is 5.32 Å². The summed E-state index contributed by atoms with van der Waals surface area (Å²) >= 11 is 1.45. The Bertz CT molecular complexity index is 367. The van der Waals surface area contributed by atoms with E-state index in [0.29, 0.717) is 4.90 Å². The van der Waals surface area contributed by atoms with Crippen LogP contribution in [0.1, 0.15) is 18.5 Å². The van der Waals surface area contributed by atoms with Crippen LogP contribution in [0.4, 0.5) is 8.78 Å². The second-order valence-corrected chi connectivity index (χ2v) is 4.78. The molecule has 14 heavy (non-hydrogen) atoms. The maximum absolute atomic E-state index is 13.3. The molecule has 0 saturated heterocycles. The zero-order valence-electron chi connectivity index (χ0n) is 7.97. The van der Waals surface area contributed by atoms with Gasteiger partial charge in [0.25, 0.3) is 0 Å². The summed E-state index contributed by atoms with van der Waals surface area (Å²) in [7, 11) is 1.81. The molecule has 1 aliphatic heterocycles. The van der Waals surface area contributed by atoms with E-state index in [2.05, 4.69) is 5.32 Å². The fourth-order valence-electron chi connectivity index (χ4n) is 1.83. The van der Waals surface area contributed by atoms with Gasteiger partial charge in [-0.25, -0.2) is 8.78 Å². The Morgan fingerprint density at radius 3 is 2.71 bits per heavy atom. The van der Waals surface area contributed by atoms with Crippen LogP contribution in [0.5, 0.6) is 0 Å². The molecule has 0 radical (unpaired) electrons. The maximum atomic E-state index is 13.3. The van der Waals surface area contributed by atoms with Gasteiger partial charge < -0.3 is 5.32 Å². The van der Waals surface area contributed by atoms with Gasteiger partial charge in [0.05, 0.1) is 0 Å². The second-order valence-electron chi connectivity index (χ2n) is 3.40. The molecule has 0 aromatic heterocycles. The van der Waals surface area contributed by atoms with Crippen molar-refractivity contribution >= 4 is 11.8 Å². The molecule has 1 aromatic carbocycles. The molecule has 0 fully saturated rings. The van der Waals surface area contributed by atoms with Crippen molar-refractivity contribution in [3.8, 4) is 0 Å². The Morgan fingerprint density at radius 2 is 2.07 bits per heavy atom. The third-order valence-electron chi connectivity index (χ3n) is 2.46. The third-order valence-corrected chi connectivity index (χ3v) is 3.77. The van der Waals surface area contributed by atoms with Crippen molar-refractivity contribution in [1.82, 2.24) is 5.32 Å². The van der Waals surface area contributed by atoms with Gasteiger partial charge in [0.2, 0.25) is 0 Å². The highest BCUT2D eigenvalue weighted by Crippen LogP contribution is 2.45. The molecule has 0 spiro atoms. The van der Waals surface area contributed by atoms with Gasteiger partial charge in [0.1, 0.15) is 11.6 Å². The molecule has 4 heteroatoms. The van der Waals surface area contributed by atoms with Gasteiger partial charge >= 0.3 is 0 Å². The fraction of sp³-hybridized carbons (Fsp3) is 0.400. The lowest BCUT2D eigenvalue weighted by Crippen LogP contribution is -2.21. The number of rotatable bonds is 1. The summed E-state index contributed by atoms with van der Waals surface area (Å²) < 4.78 is 26.3. The van der Waals surface area contributed by atoms with E-state index in [1.54, 1.807) is 7.05 Å². The standard InChI is InChI=1S/C10H11F2NS/c1-5-9(13-2)7-3-6(11)4-8(12)10(7)14-5/h3-5,9,13H,1-2H3. The van der Waals surface area contributed by atoms with Gasteiger partial charge in [0, 0.05) is 22.3 Å². The van der Waals surface area contributed by atoms with Gasteiger partial charge in [-0.2, -0.15) is 0 Å². The Balaban J connectivity index is 2.53. The van der Waals surface area contributed by atoms with Crippen molar-refractivity contribution in [2.24, 2.45) is 0 Å². The number of hydrogen-bond donors (Lipinski definition) is 1. The summed E-state index contributed by atoms with van der Waals surface area (Å²) in [5.41, 5.74) is 0.738. The van der Waals surface area contributed by atoms with Crippen LogP contribution in [-0.4, -0.2) is 12.3 Å². The minimum atomic E-state index is -0.504. The normalized spacial score (nSPS) is 25.1. The summed E-state index contributed by atoms with van der Waals surface area (Å²) in [5, 5.41) is 3.31. The zero-order chi connectivity index (χ0) is 10.3. The highest BCUT2D eigenvalue weighted by Gasteiger charge is 2.31. The summed E-state index contributed by atoms with van der Waals surface area (Å²) in [5.74, 6) is -0.953. The van der Waals surface area contributed by atoms with Crippen molar-refractivity contribution in [3.63, 3.8) is 0 Å². The molecular weight excluding hydrogens is 204 g/mol. The molecule has 1 heterocycles. The molecule has 2 rings (SSSR count). The van der Waals surface area contributed by atoms with Crippen LogP contribution in [-0.2, 0) is 0 Å². The van der Waals surface area contributed by atoms with E-state index in [9.17, 15) is 8.78 Å². The van der Waals surface area contributed by atoms with E-state index < -0.39 is 11.6 Å². The van der Waals surface area contributed by atoms with Gasteiger partial charge in [-0.3, -0.25) is 0 Å². The topological polar surface area (TPSA) is 12.0 Å². The molecule has 0 saturated carbocycles. The summed E-state index contributed by atoms with van der Waals surface area (Å²) in [4.78, 5) is 0.582. The zero-order valence-corrected chi connectivity index (χ0v) is 8.79. The third kappa shape index (κ3) is 1.42. The van der Waals surface area contributed by atoms with E-state index in [4.69, 9.17) is 0 Å². The monoisotopic (exact) mass is 215 g/mol. The molecule has 0 amide bonds. The van der Waals surface area contributed by atoms with Crippen LogP contribution in [0.3, 0.4) is 0 Å². The average Bonchev–Trinajstić information content (AvgIpc) is 2.41. The lowest BCUT2D eigenvalue weighted by Gasteiger charge is -2.13. The highest BCUT2D eigenvalue weighted by atomic mass is 32.2. The van der Waals surface area contributed by atoms with Crippen molar-refractivity contribution in [3.05, 3.63) is 29.3 Å². The lowest BCUT2D eigenvalue weighted by atomic mass is 10.0. The lowest BCUT2D eigenvalue weighted by molar-refractivity contribution is 0.541. The molecule has 1 aliphatic rings. The number of nitrogens with one attached hydrogen (secondary N) is 1. The Morgan fingerprint density at radius 1 is 1.36 bits per heavy atom. The minimum absolute atomic E-state index is 0.0419. The molecule has 2 unspecified atom stereocenters. The minimum Gasteiger partial charge on any atom is -0.312 e. The van der Waals surface area contributed by atoms with E-state index in [1.807, 2.05) is 6.92 Å². The molecule has 2 atom stereocenters. The molecular formula is C10H11F2NS. The molecule has 1 N–H and O–H groups in total. The predicted molar refractivity (Wildman–Crippen MR) is 53.5 cm³/mol. The van der Waals surface area contributed by atoms with Crippen molar-refractivity contribution in [1.29, 1.82) is 0 Å². The second kappa shape index (κ2) is 3.51. The van der Waals surface area contributed by atoms with Crippen molar-refractivity contribution < 1.29 is 8.78 Å². The molecule has 76 valence electrons. The number of benzene rings is 1. The van der Waals surface area contributed by atoms with Crippen molar-refractivity contribution in [2.75, 3.05) is 7.05 Å². The smallest absolute Gasteiger partial charge is 0.140 e. The molecule has 0 bridgehead atoms. The van der Waals surface area contributed by atoms with Crippen LogP contribution in [0.15, 0.2) is 17.0 Å². The number of halogens is 2. The van der Waals surface area contributed by atoms with Gasteiger partial charge in [0.15, 0.2) is 0 Å². The van der Waals surface area contributed by atoms with Crippen molar-refractivity contribution in [2.45, 2.75) is 23.1 Å². The van der Waals surface area contributed by atoms with Crippen LogP contribution in [0.2, 0.25) is 0 Å². The molecule has 1 aromatic rings. The first-order valence-electron chi connectivity index (χ1n) is 4.46. The van der Waals surface area contributed by atoms with Crippen LogP contribution in [0, 0.1) is 11.6 Å². The summed E-state index contributed by atoms with van der Waals surface area (Å²) in [6.07, 6.45) is 0. The van der Waals surface area contributed by atoms with Gasteiger partial charge in [-0.15, -0.1) is 11.8 Å². The van der Waals surface area contributed by atoms with Gasteiger partial charge in [-0.05, 0) is 18.7 Å². The first kappa shape index (κ1) is 9.93. The van der Waals surface area contributed by atoms with E-state index in [1.165, 1.54) is 17.8 Å². The maximum Gasteiger partial charge on any atom is 0.140 e. The number of fused-ring (bicyclic) bond motifs is 1. The Labute approximate surface area is 85.9 Å². The molecule has 1 nitrogen and oxygen atoms in total. The quantitative estimate of drug-likeness (QED) is 0.773. The van der Waals surface area contributed by atoms with Crippen LogP contribution in [0.25, 0.3) is 0 Å². The van der Waals surface area contributed by atoms with Gasteiger partial charge in [-0.1, -0.05) is 6.92 Å². The first-order valence-corrected chi connectivity index (χ1v) is 5.34. The van der Waals surface area contributed by atoms with E-state index in [-0.39, 0.29) is 11.3 Å². The Kier molecular flexibility index (Phi) is 2.49. The summed E-state index contributed by atoms with van der Waals surface area (Å²) in [6.45, 7) is 2.00. The highest BCUT2D eigenvalue weighted by molar-refractivity contribution is 8.00. The SMILES string of the molecule is CNC1c2cc(F)cc(F)c2SC1C. The van der Waals surface area contributed by atoms with E-state index in [0.717, 1.165) is 11.6 Å².